The van der Waals surface area contributed by atoms with Crippen LogP contribution in [-0.4, -0.2) is 71.7 Å². The molecule has 37 heavy (non-hydrogen) atoms. The van der Waals surface area contributed by atoms with Gasteiger partial charge in [0, 0.05) is 25.4 Å². The van der Waals surface area contributed by atoms with Crippen LogP contribution in [0.15, 0.2) is 34.9 Å². The van der Waals surface area contributed by atoms with Gasteiger partial charge in [0.1, 0.15) is 18.5 Å². The third-order valence-electron chi connectivity index (χ3n) is 4.60. The predicted molar refractivity (Wildman–Crippen MR) is 138 cm³/mol. The molecule has 0 radical (unpaired) electrons. The zero-order valence-corrected chi connectivity index (χ0v) is 23.4. The van der Waals surface area contributed by atoms with Crippen LogP contribution in [0.2, 0.25) is 0 Å². The monoisotopic (exact) mass is 562 g/mol. The summed E-state index contributed by atoms with van der Waals surface area (Å²) < 4.78 is 61.3. The quantitative estimate of drug-likeness (QED) is 0.0800. The van der Waals surface area contributed by atoms with E-state index in [9.17, 15) is 19.0 Å². The second-order valence-electron chi connectivity index (χ2n) is 7.02. The number of thioether (sulfide) groups is 1. The highest BCUT2D eigenvalue weighted by molar-refractivity contribution is 8.02. The Morgan fingerprint density at radius 2 is 1.54 bits per heavy atom. The summed E-state index contributed by atoms with van der Waals surface area (Å²) in [4.78, 5) is 12.6. The van der Waals surface area contributed by atoms with E-state index in [0.29, 0.717) is 19.8 Å². The van der Waals surface area contributed by atoms with E-state index in [-0.39, 0.29) is 55.8 Å². The number of hydrogen-bond donors (Lipinski definition) is 1. The third-order valence-corrected chi connectivity index (χ3v) is 7.46. The molecule has 0 saturated heterocycles. The van der Waals surface area contributed by atoms with Crippen molar-refractivity contribution in [3.63, 3.8) is 0 Å². The molecule has 0 saturated carbocycles. The van der Waals surface area contributed by atoms with Crippen LogP contribution in [0.3, 0.4) is 0 Å². The number of esters is 1. The SMILES string of the molecule is CCOCCOC(=O)/C(C#N)=C(\NC(c1ccccc1F)P(=O)(OCCOCC)OCCOCC)SC. The largest absolute Gasteiger partial charge is 0.459 e. The van der Waals surface area contributed by atoms with Gasteiger partial charge in [0.05, 0.1) is 38.1 Å². The van der Waals surface area contributed by atoms with Gasteiger partial charge >= 0.3 is 13.6 Å². The average Bonchev–Trinajstić information content (AvgIpc) is 2.90. The standard InChI is InChI=1S/C24H36FN2O8PS/c1-5-30-12-15-33-24(28)20(18-26)23(37-4)27-22(19-10-8-9-11-21(19)25)36(29,34-16-13-31-6-2)35-17-14-32-7-3/h8-11,22,27H,5-7,12-17H2,1-4H3/b23-20+. The topological polar surface area (TPSA) is 125 Å². The molecule has 0 aliphatic rings. The van der Waals surface area contributed by atoms with Gasteiger partial charge in [-0.15, -0.1) is 11.8 Å². The van der Waals surface area contributed by atoms with E-state index in [4.69, 9.17) is 28.0 Å². The Labute approximate surface area is 222 Å². The Hall–Kier alpha value is -1.97. The molecule has 10 nitrogen and oxygen atoms in total. The van der Waals surface area contributed by atoms with Crippen molar-refractivity contribution in [2.24, 2.45) is 0 Å². The van der Waals surface area contributed by atoms with E-state index in [1.54, 1.807) is 33.1 Å². The van der Waals surface area contributed by atoms with Crippen LogP contribution in [0, 0.1) is 17.1 Å². The second-order valence-corrected chi connectivity index (χ2v) is 9.95. The van der Waals surface area contributed by atoms with Gasteiger partial charge in [-0.2, -0.15) is 5.26 Å². The summed E-state index contributed by atoms with van der Waals surface area (Å²) in [5, 5.41) is 12.6. The van der Waals surface area contributed by atoms with Gasteiger partial charge in [-0.1, -0.05) is 18.2 Å². The number of carbonyl (C=O) groups is 1. The number of nitrogens with one attached hydrogen (secondary N) is 1. The fourth-order valence-corrected chi connectivity index (χ4v) is 5.43. The first kappa shape index (κ1) is 33.1. The first-order valence-corrected chi connectivity index (χ1v) is 14.7. The summed E-state index contributed by atoms with van der Waals surface area (Å²) in [5.74, 6) is -2.99. The van der Waals surface area contributed by atoms with Gasteiger partial charge < -0.3 is 33.3 Å². The number of nitrogens with zero attached hydrogens (tertiary/aromatic N) is 1. The second kappa shape index (κ2) is 19.2. The number of nitriles is 1. The zero-order valence-electron chi connectivity index (χ0n) is 21.7. The van der Waals surface area contributed by atoms with Crippen molar-refractivity contribution in [3.05, 3.63) is 46.2 Å². The van der Waals surface area contributed by atoms with Gasteiger partial charge in [-0.3, -0.25) is 4.57 Å². The zero-order chi connectivity index (χ0) is 27.5. The summed E-state index contributed by atoms with van der Waals surface area (Å²) in [6.07, 6.45) is 1.60. The predicted octanol–water partition coefficient (Wildman–Crippen LogP) is 4.39. The summed E-state index contributed by atoms with van der Waals surface area (Å²) in [7, 11) is -4.18. The van der Waals surface area contributed by atoms with Gasteiger partial charge in [0.2, 0.25) is 0 Å². The Balaban J connectivity index is 3.43. The van der Waals surface area contributed by atoms with E-state index in [2.05, 4.69) is 5.32 Å². The van der Waals surface area contributed by atoms with Crippen molar-refractivity contribution in [2.75, 3.05) is 65.7 Å². The Morgan fingerprint density at radius 3 is 2.03 bits per heavy atom. The minimum Gasteiger partial charge on any atom is -0.459 e. The molecular weight excluding hydrogens is 526 g/mol. The molecule has 0 fully saturated rings. The number of ether oxygens (including phenoxy) is 4. The number of rotatable bonds is 20. The van der Waals surface area contributed by atoms with E-state index >= 15 is 0 Å². The van der Waals surface area contributed by atoms with E-state index in [1.165, 1.54) is 18.2 Å². The molecule has 1 N–H and O–H groups in total. The maximum Gasteiger partial charge on any atom is 0.357 e. The fourth-order valence-electron chi connectivity index (χ4n) is 2.90. The van der Waals surface area contributed by atoms with Crippen molar-refractivity contribution in [2.45, 2.75) is 26.6 Å². The number of hydrogen-bond acceptors (Lipinski definition) is 11. The van der Waals surface area contributed by atoms with E-state index in [0.717, 1.165) is 11.8 Å². The molecule has 0 bridgehead atoms. The van der Waals surface area contributed by atoms with Crippen LogP contribution in [0.5, 0.6) is 0 Å². The van der Waals surface area contributed by atoms with Crippen molar-refractivity contribution in [1.82, 2.24) is 5.32 Å². The minimum atomic E-state index is -4.18. The first-order valence-electron chi connectivity index (χ1n) is 11.9. The summed E-state index contributed by atoms with van der Waals surface area (Å²) >= 11 is 0.993. The molecule has 0 amide bonds. The lowest BCUT2D eigenvalue weighted by Gasteiger charge is -2.29. The van der Waals surface area contributed by atoms with Crippen molar-refractivity contribution in [1.29, 1.82) is 5.26 Å². The van der Waals surface area contributed by atoms with E-state index in [1.807, 2.05) is 6.07 Å². The smallest absolute Gasteiger partial charge is 0.357 e. The lowest BCUT2D eigenvalue weighted by Crippen LogP contribution is -2.26. The van der Waals surface area contributed by atoms with Crippen LogP contribution in [0.4, 0.5) is 4.39 Å². The van der Waals surface area contributed by atoms with Crippen LogP contribution in [0.25, 0.3) is 0 Å². The molecule has 1 aromatic carbocycles. The Kier molecular flexibility index (Phi) is 17.1. The Morgan fingerprint density at radius 1 is 1.00 bits per heavy atom. The maximum atomic E-state index is 15.0. The number of benzene rings is 1. The molecule has 1 aromatic rings. The molecule has 208 valence electrons. The van der Waals surface area contributed by atoms with Crippen LogP contribution < -0.4 is 5.32 Å². The first-order chi connectivity index (χ1) is 17.9. The lowest BCUT2D eigenvalue weighted by atomic mass is 10.2. The highest BCUT2D eigenvalue weighted by Crippen LogP contribution is 2.60. The molecule has 1 unspecified atom stereocenters. The van der Waals surface area contributed by atoms with Crippen LogP contribution >= 0.6 is 19.4 Å². The molecule has 0 heterocycles. The summed E-state index contributed by atoms with van der Waals surface area (Å²) in [6, 6.07) is 7.47. The summed E-state index contributed by atoms with van der Waals surface area (Å²) in [6.45, 7) is 6.84. The molecule has 0 spiro atoms. The van der Waals surface area contributed by atoms with E-state index < -0.39 is 25.2 Å². The molecule has 0 aliphatic carbocycles. The molecule has 1 rings (SSSR count). The normalized spacial score (nSPS) is 13.0. The molecule has 0 aliphatic heterocycles. The molecule has 1 atom stereocenters. The van der Waals surface area contributed by atoms with Crippen LogP contribution in [0.1, 0.15) is 32.1 Å². The van der Waals surface area contributed by atoms with Gasteiger partial charge in [0.25, 0.3) is 0 Å². The van der Waals surface area contributed by atoms with Crippen molar-refractivity contribution < 1.29 is 41.7 Å². The highest BCUT2D eigenvalue weighted by Gasteiger charge is 2.40. The highest BCUT2D eigenvalue weighted by atomic mass is 32.2. The Bertz CT molecular complexity index is 928. The minimum absolute atomic E-state index is 0.0132. The van der Waals surface area contributed by atoms with Crippen molar-refractivity contribution in [3.8, 4) is 6.07 Å². The fraction of sp³-hybridized carbons (Fsp3) is 0.583. The molecule has 13 heteroatoms. The lowest BCUT2D eigenvalue weighted by molar-refractivity contribution is -0.140. The van der Waals surface area contributed by atoms with Crippen LogP contribution in [-0.2, 0) is 37.4 Å². The van der Waals surface area contributed by atoms with Gasteiger partial charge in [-0.25, -0.2) is 9.18 Å². The summed E-state index contributed by atoms with van der Waals surface area (Å²) in [5.41, 5.74) is -0.410. The average molecular weight is 563 g/mol. The van der Waals surface area contributed by atoms with Gasteiger partial charge in [-0.05, 0) is 33.1 Å². The maximum absolute atomic E-state index is 15.0. The molecule has 0 aromatic heterocycles. The third kappa shape index (κ3) is 11.5. The molecular formula is C24H36FN2O8PS. The number of carbonyl (C=O) groups excluding carboxylic acids is 1. The van der Waals surface area contributed by atoms with Gasteiger partial charge in [0.15, 0.2) is 11.4 Å². The van der Waals surface area contributed by atoms with Crippen molar-refractivity contribution >= 4 is 25.3 Å². The number of halogens is 1.